The van der Waals surface area contributed by atoms with Crippen molar-refractivity contribution in [3.8, 4) is 0 Å². The molecule has 6 nitrogen and oxygen atoms in total. The average molecular weight is 316 g/mol. The summed E-state index contributed by atoms with van der Waals surface area (Å²) in [6.07, 6.45) is 3.06. The van der Waals surface area contributed by atoms with E-state index in [9.17, 15) is 9.59 Å². The summed E-state index contributed by atoms with van der Waals surface area (Å²) < 4.78 is 0. The first-order chi connectivity index (χ1) is 11.0. The molecule has 0 aromatic heterocycles. The molecule has 3 amide bonds. The van der Waals surface area contributed by atoms with Gasteiger partial charge in [-0.05, 0) is 25.5 Å². The number of nitrogens with zero attached hydrogens (tertiary/aromatic N) is 1. The molecule has 124 valence electrons. The number of hydrogen-bond donors (Lipinski definition) is 3. The molecule has 0 spiro atoms. The smallest absolute Gasteiger partial charge is 0.312 e. The molecule has 0 saturated carbocycles. The number of urea groups is 1. The van der Waals surface area contributed by atoms with Gasteiger partial charge < -0.3 is 16.4 Å². The zero-order chi connectivity index (χ0) is 16.7. The minimum absolute atomic E-state index is 0.0426. The van der Waals surface area contributed by atoms with Crippen molar-refractivity contribution in [1.82, 2.24) is 15.5 Å². The van der Waals surface area contributed by atoms with Crippen LogP contribution < -0.4 is 16.4 Å². The van der Waals surface area contributed by atoms with Gasteiger partial charge in [0.1, 0.15) is 0 Å². The van der Waals surface area contributed by atoms with Crippen LogP contribution >= 0.6 is 0 Å². The maximum atomic E-state index is 12.1. The van der Waals surface area contributed by atoms with E-state index in [1.54, 1.807) is 0 Å². The molecule has 0 aliphatic carbocycles. The molecule has 1 aliphatic heterocycles. The maximum Gasteiger partial charge on any atom is 0.312 e. The van der Waals surface area contributed by atoms with Crippen LogP contribution in [0.2, 0.25) is 0 Å². The van der Waals surface area contributed by atoms with Gasteiger partial charge in [-0.3, -0.25) is 9.69 Å². The molecule has 0 radical (unpaired) electrons. The summed E-state index contributed by atoms with van der Waals surface area (Å²) in [6.45, 7) is 5.67. The quantitative estimate of drug-likeness (QED) is 0.685. The average Bonchev–Trinajstić information content (AvgIpc) is 2.54. The van der Waals surface area contributed by atoms with Gasteiger partial charge in [-0.2, -0.15) is 0 Å². The zero-order valence-corrected chi connectivity index (χ0v) is 13.5. The molecule has 1 aromatic carbocycles. The first kappa shape index (κ1) is 17.0. The Hall–Kier alpha value is -2.34. The number of amides is 3. The Balaban J connectivity index is 1.72. The molecule has 4 N–H and O–H groups in total. The zero-order valence-electron chi connectivity index (χ0n) is 13.5. The fourth-order valence-corrected chi connectivity index (χ4v) is 2.45. The minimum Gasteiger partial charge on any atom is -0.352 e. The number of benzene rings is 1. The number of rotatable bonds is 6. The van der Waals surface area contributed by atoms with E-state index in [0.717, 1.165) is 31.6 Å². The SMILES string of the molecule is Cc1ccc(C(=O)NCC2=CCN(CCNC(N)=O)CC2)cc1. The van der Waals surface area contributed by atoms with Crippen LogP contribution in [0.15, 0.2) is 35.9 Å². The first-order valence-electron chi connectivity index (χ1n) is 7.83. The first-order valence-corrected chi connectivity index (χ1v) is 7.83. The van der Waals surface area contributed by atoms with E-state index >= 15 is 0 Å². The van der Waals surface area contributed by atoms with E-state index in [4.69, 9.17) is 5.73 Å². The van der Waals surface area contributed by atoms with Crippen LogP contribution in [-0.4, -0.2) is 49.6 Å². The van der Waals surface area contributed by atoms with Gasteiger partial charge >= 0.3 is 6.03 Å². The Morgan fingerprint density at radius 2 is 1.96 bits per heavy atom. The van der Waals surface area contributed by atoms with Crippen LogP contribution in [0.5, 0.6) is 0 Å². The Labute approximate surface area is 136 Å². The highest BCUT2D eigenvalue weighted by Gasteiger charge is 2.12. The molecule has 0 bridgehead atoms. The summed E-state index contributed by atoms with van der Waals surface area (Å²) in [5.74, 6) is -0.0426. The van der Waals surface area contributed by atoms with Crippen molar-refractivity contribution in [2.45, 2.75) is 13.3 Å². The summed E-state index contributed by atoms with van der Waals surface area (Å²) >= 11 is 0. The van der Waals surface area contributed by atoms with Crippen molar-refractivity contribution in [3.05, 3.63) is 47.0 Å². The molecule has 1 aliphatic rings. The molecule has 0 unspecified atom stereocenters. The second-order valence-corrected chi connectivity index (χ2v) is 5.75. The summed E-state index contributed by atoms with van der Waals surface area (Å²) in [6, 6.07) is 7.07. The second kappa shape index (κ2) is 8.33. The van der Waals surface area contributed by atoms with Gasteiger partial charge in [0.05, 0.1) is 0 Å². The van der Waals surface area contributed by atoms with Crippen molar-refractivity contribution in [2.75, 3.05) is 32.7 Å². The van der Waals surface area contributed by atoms with Crippen LogP contribution in [0.25, 0.3) is 0 Å². The van der Waals surface area contributed by atoms with Crippen molar-refractivity contribution in [1.29, 1.82) is 0 Å². The maximum absolute atomic E-state index is 12.1. The topological polar surface area (TPSA) is 87.5 Å². The lowest BCUT2D eigenvalue weighted by molar-refractivity contribution is 0.0956. The van der Waals surface area contributed by atoms with Gasteiger partial charge in [-0.25, -0.2) is 4.79 Å². The van der Waals surface area contributed by atoms with Gasteiger partial charge in [0.2, 0.25) is 0 Å². The largest absolute Gasteiger partial charge is 0.352 e. The van der Waals surface area contributed by atoms with E-state index in [-0.39, 0.29) is 5.91 Å². The van der Waals surface area contributed by atoms with Crippen LogP contribution in [-0.2, 0) is 0 Å². The summed E-state index contributed by atoms with van der Waals surface area (Å²) in [7, 11) is 0. The van der Waals surface area contributed by atoms with Gasteiger partial charge in [0, 0.05) is 38.3 Å². The Kier molecular flexibility index (Phi) is 6.17. The molecule has 0 atom stereocenters. The molecule has 0 saturated heterocycles. The lowest BCUT2D eigenvalue weighted by Crippen LogP contribution is -2.39. The molecular formula is C17H24N4O2. The number of aryl methyl sites for hydroxylation is 1. The second-order valence-electron chi connectivity index (χ2n) is 5.75. The van der Waals surface area contributed by atoms with Gasteiger partial charge in [0.15, 0.2) is 0 Å². The third-order valence-electron chi connectivity index (χ3n) is 3.90. The van der Waals surface area contributed by atoms with Gasteiger partial charge in [-0.1, -0.05) is 29.3 Å². The highest BCUT2D eigenvalue weighted by molar-refractivity contribution is 5.94. The van der Waals surface area contributed by atoms with Crippen LogP contribution in [0.4, 0.5) is 4.79 Å². The number of nitrogens with two attached hydrogens (primary N) is 1. The third kappa shape index (κ3) is 5.75. The summed E-state index contributed by atoms with van der Waals surface area (Å²) in [5, 5.41) is 5.55. The molecule has 23 heavy (non-hydrogen) atoms. The highest BCUT2D eigenvalue weighted by Crippen LogP contribution is 2.10. The number of carbonyl (C=O) groups is 2. The predicted molar refractivity (Wildman–Crippen MR) is 90.2 cm³/mol. The summed E-state index contributed by atoms with van der Waals surface area (Å²) in [4.78, 5) is 24.9. The molecule has 0 fully saturated rings. The van der Waals surface area contributed by atoms with Gasteiger partial charge in [0.25, 0.3) is 5.91 Å². The fourth-order valence-electron chi connectivity index (χ4n) is 2.45. The van der Waals surface area contributed by atoms with E-state index < -0.39 is 6.03 Å². The van der Waals surface area contributed by atoms with Crippen molar-refractivity contribution in [3.63, 3.8) is 0 Å². The Bertz CT molecular complexity index is 581. The highest BCUT2D eigenvalue weighted by atomic mass is 16.2. The molecule has 1 aromatic rings. The monoisotopic (exact) mass is 316 g/mol. The van der Waals surface area contributed by atoms with E-state index in [2.05, 4.69) is 21.6 Å². The lowest BCUT2D eigenvalue weighted by Gasteiger charge is -2.26. The normalized spacial score (nSPS) is 14.9. The van der Waals surface area contributed by atoms with E-state index in [1.807, 2.05) is 31.2 Å². The fraction of sp³-hybridized carbons (Fsp3) is 0.412. The lowest BCUT2D eigenvalue weighted by atomic mass is 10.1. The van der Waals surface area contributed by atoms with E-state index in [0.29, 0.717) is 18.7 Å². The molecule has 6 heteroatoms. The van der Waals surface area contributed by atoms with E-state index in [1.165, 1.54) is 5.57 Å². The minimum atomic E-state index is -0.489. The van der Waals surface area contributed by atoms with Crippen LogP contribution in [0.1, 0.15) is 22.3 Å². The Morgan fingerprint density at radius 1 is 1.22 bits per heavy atom. The van der Waals surface area contributed by atoms with Crippen LogP contribution in [0.3, 0.4) is 0 Å². The standard InChI is InChI=1S/C17H24N4O2/c1-13-2-4-15(5-3-13)16(22)20-12-14-6-9-21(10-7-14)11-8-19-17(18)23/h2-6H,7-12H2,1H3,(H,20,22)(H3,18,19,23). The number of nitrogens with one attached hydrogen (secondary N) is 2. The van der Waals surface area contributed by atoms with Gasteiger partial charge in [-0.15, -0.1) is 0 Å². The van der Waals surface area contributed by atoms with Crippen molar-refractivity contribution in [2.24, 2.45) is 5.73 Å². The summed E-state index contributed by atoms with van der Waals surface area (Å²) in [5.41, 5.74) is 8.10. The molecule has 1 heterocycles. The van der Waals surface area contributed by atoms with Crippen LogP contribution in [0, 0.1) is 6.92 Å². The molecule has 2 rings (SSSR count). The predicted octanol–water partition coefficient (Wildman–Crippen LogP) is 1.03. The number of hydrogen-bond acceptors (Lipinski definition) is 3. The number of carbonyl (C=O) groups excluding carboxylic acids is 2. The third-order valence-corrected chi connectivity index (χ3v) is 3.90. The number of primary amides is 1. The van der Waals surface area contributed by atoms with Crippen molar-refractivity contribution >= 4 is 11.9 Å². The Morgan fingerprint density at radius 3 is 2.57 bits per heavy atom. The molecular weight excluding hydrogens is 292 g/mol. The van der Waals surface area contributed by atoms with Crippen molar-refractivity contribution < 1.29 is 9.59 Å².